The Labute approximate surface area is 71.7 Å². The van der Waals surface area contributed by atoms with Crippen LogP contribution in [0.1, 0.15) is 0 Å². The van der Waals surface area contributed by atoms with Gasteiger partial charge in [0, 0.05) is 0 Å². The first-order valence-corrected chi connectivity index (χ1v) is 2.07. The molecule has 0 spiro atoms. The van der Waals surface area contributed by atoms with Crippen molar-refractivity contribution in [2.75, 3.05) is 0 Å². The van der Waals surface area contributed by atoms with Crippen LogP contribution in [0.2, 0.25) is 0 Å². The minimum atomic E-state index is -1.27. The fourth-order valence-corrected chi connectivity index (χ4v) is 0.365. The molecule has 8 nitrogen and oxygen atoms in total. The summed E-state index contributed by atoms with van der Waals surface area (Å²) in [6.07, 6.45) is 0. The summed E-state index contributed by atoms with van der Waals surface area (Å²) >= 11 is 0. The summed E-state index contributed by atoms with van der Waals surface area (Å²) in [5.74, 6) is -1.09. The fourth-order valence-electron chi connectivity index (χ4n) is 0.365. The second-order valence-corrected chi connectivity index (χ2v) is 1.33. The maximum atomic E-state index is 10.2. The van der Waals surface area contributed by atoms with Gasteiger partial charge in [0.15, 0.2) is 0 Å². The fraction of sp³-hybridized carbons (Fsp3) is 0. The Morgan fingerprint density at radius 3 is 2.36 bits per heavy atom. The quantitative estimate of drug-likeness (QED) is 0.314. The molecule has 0 unspecified atom stereocenters. The molecule has 0 radical (unpaired) electrons. The van der Waals surface area contributed by atoms with Crippen LogP contribution in [0.4, 0.5) is 5.95 Å². The van der Waals surface area contributed by atoms with Gasteiger partial charge in [0.1, 0.15) is 0 Å². The topological polar surface area (TPSA) is 115 Å². The van der Waals surface area contributed by atoms with Gasteiger partial charge in [0.05, 0.1) is 0 Å². The van der Waals surface area contributed by atoms with Gasteiger partial charge in [-0.25, -0.2) is 4.73 Å². The minimum absolute atomic E-state index is 0. The molecule has 1 heterocycles. The van der Waals surface area contributed by atoms with Gasteiger partial charge in [-0.3, -0.25) is 4.79 Å². The second kappa shape index (κ2) is 3.24. The van der Waals surface area contributed by atoms with Gasteiger partial charge in [0.2, 0.25) is 0 Å². The van der Waals surface area contributed by atoms with Gasteiger partial charge >= 0.3 is 31.1 Å². The van der Waals surface area contributed by atoms with E-state index in [1.54, 1.807) is 0 Å². The van der Waals surface area contributed by atoms with E-state index in [4.69, 9.17) is 0 Å². The van der Waals surface area contributed by atoms with Crippen LogP contribution in [0.3, 0.4) is 0 Å². The molecule has 0 bridgehead atoms. The standard InChI is InChI=1S/C2HN4O4.Zn/c7-2-4-3-1(5(2)8)6(9)10;/h(H,4,7);/q-1;+2/p-1. The van der Waals surface area contributed by atoms with Crippen molar-refractivity contribution in [3.05, 3.63) is 25.8 Å². The molecule has 0 aliphatic carbocycles. The molecule has 0 aromatic carbocycles. The van der Waals surface area contributed by atoms with E-state index in [0.29, 0.717) is 0 Å². The van der Waals surface area contributed by atoms with E-state index in [-0.39, 0.29) is 19.5 Å². The van der Waals surface area contributed by atoms with E-state index in [2.05, 4.69) is 10.2 Å². The Hall–Kier alpha value is -1.24. The maximum absolute atomic E-state index is 10.2. The van der Waals surface area contributed by atoms with E-state index >= 15 is 0 Å². The summed E-state index contributed by atoms with van der Waals surface area (Å²) in [6, 6.07) is 0. The molecule has 0 fully saturated rings. The summed E-state index contributed by atoms with van der Waals surface area (Å²) in [7, 11) is 0. The van der Waals surface area contributed by atoms with E-state index in [0.717, 1.165) is 0 Å². The minimum Gasteiger partial charge on any atom is -0.738 e. The van der Waals surface area contributed by atoms with Crippen molar-refractivity contribution < 1.29 is 24.4 Å². The van der Waals surface area contributed by atoms with Crippen molar-refractivity contribution in [3.8, 4) is 0 Å². The number of rotatable bonds is 1. The molecule has 1 aromatic rings. The van der Waals surface area contributed by atoms with Crippen LogP contribution < -0.4 is 10.8 Å². The van der Waals surface area contributed by atoms with Crippen molar-refractivity contribution in [2.45, 2.75) is 0 Å². The van der Waals surface area contributed by atoms with Crippen LogP contribution in [0.25, 0.3) is 0 Å². The van der Waals surface area contributed by atoms with Crippen LogP contribution >= 0.6 is 0 Å². The zero-order valence-electron chi connectivity index (χ0n) is 5.13. The van der Waals surface area contributed by atoms with Crippen molar-refractivity contribution in [1.82, 2.24) is 14.9 Å². The molecule has 0 aliphatic rings. The van der Waals surface area contributed by atoms with E-state index in [1.165, 1.54) is 0 Å². The molecule has 0 aliphatic heterocycles. The zero-order valence-corrected chi connectivity index (χ0v) is 8.10. The third kappa shape index (κ3) is 1.61. The van der Waals surface area contributed by atoms with Gasteiger partial charge in [-0.05, 0) is 4.92 Å². The third-order valence-corrected chi connectivity index (χ3v) is 0.744. The maximum Gasteiger partial charge on any atom is 2.00 e. The molecule has 54 valence electrons. The van der Waals surface area contributed by atoms with Crippen LogP contribution in [0.5, 0.6) is 0 Å². The SMILES string of the molecule is O=c1[n-]nc([N+](=O)[O-])n1[O-].[Zn+2]. The van der Waals surface area contributed by atoms with Crippen LogP contribution in [0.15, 0.2) is 4.79 Å². The Bertz CT molecular complexity index is 314. The van der Waals surface area contributed by atoms with Gasteiger partial charge in [-0.2, -0.15) is 5.10 Å². The van der Waals surface area contributed by atoms with Crippen molar-refractivity contribution in [2.24, 2.45) is 0 Å². The number of nitrogens with zero attached hydrogens (tertiary/aromatic N) is 4. The molecular weight excluding hydrogens is 209 g/mol. The number of hydrogen-bond donors (Lipinski definition) is 0. The summed E-state index contributed by atoms with van der Waals surface area (Å²) in [5, 5.41) is 25.4. The Morgan fingerprint density at radius 2 is 2.18 bits per heavy atom. The molecule has 0 amide bonds. The van der Waals surface area contributed by atoms with E-state index < -0.39 is 21.3 Å². The first-order chi connectivity index (χ1) is 4.63. The van der Waals surface area contributed by atoms with Crippen molar-refractivity contribution in [3.63, 3.8) is 0 Å². The van der Waals surface area contributed by atoms with Gasteiger partial charge in [-0.1, -0.05) is 5.10 Å². The normalized spacial score (nSPS) is 8.73. The molecule has 0 atom stereocenters. The van der Waals surface area contributed by atoms with E-state index in [9.17, 15) is 20.1 Å². The largest absolute Gasteiger partial charge is 2.00 e. The van der Waals surface area contributed by atoms with Crippen LogP contribution in [-0.4, -0.2) is 14.8 Å². The Balaban J connectivity index is 0.000001000. The molecule has 0 saturated heterocycles. The zero-order chi connectivity index (χ0) is 7.72. The van der Waals surface area contributed by atoms with E-state index in [1.807, 2.05) is 0 Å². The van der Waals surface area contributed by atoms with Crippen LogP contribution in [-0.2, 0) is 19.5 Å². The monoisotopic (exact) mass is 208 g/mol. The third-order valence-electron chi connectivity index (χ3n) is 0.744. The number of aromatic nitrogens is 3. The van der Waals surface area contributed by atoms with Gasteiger partial charge in [-0.15, -0.1) is 0 Å². The Morgan fingerprint density at radius 1 is 1.64 bits per heavy atom. The first kappa shape index (κ1) is 9.76. The molecule has 0 saturated carbocycles. The van der Waals surface area contributed by atoms with Crippen LogP contribution in [0, 0.1) is 15.3 Å². The van der Waals surface area contributed by atoms with Gasteiger partial charge < -0.3 is 15.3 Å². The summed E-state index contributed by atoms with van der Waals surface area (Å²) in [6.45, 7) is 0. The molecule has 1 aromatic heterocycles. The van der Waals surface area contributed by atoms with Gasteiger partial charge in [0.25, 0.3) is 0 Å². The summed E-state index contributed by atoms with van der Waals surface area (Å²) in [5.41, 5.74) is -1.27. The second-order valence-electron chi connectivity index (χ2n) is 1.33. The van der Waals surface area contributed by atoms with Crippen molar-refractivity contribution >= 4 is 5.95 Å². The number of hydrogen-bond acceptors (Lipinski definition) is 5. The molecule has 1 rings (SSSR count). The average Bonchev–Trinajstić information content (AvgIpc) is 2.14. The van der Waals surface area contributed by atoms with Crippen molar-refractivity contribution in [1.29, 1.82) is 0 Å². The summed E-state index contributed by atoms with van der Waals surface area (Å²) < 4.78 is -0.486. The predicted octanol–water partition coefficient (Wildman–Crippen LogP) is -1.55. The number of nitro groups is 1. The molecule has 11 heavy (non-hydrogen) atoms. The smallest absolute Gasteiger partial charge is 0.738 e. The summed E-state index contributed by atoms with van der Waals surface area (Å²) in [4.78, 5) is 18.8. The molecule has 0 N–H and O–H groups in total. The Kier molecular flexibility index (Phi) is 2.88. The average molecular weight is 209 g/mol. The molecular formula is C2N4O4Zn. The first-order valence-electron chi connectivity index (χ1n) is 2.07. The molecule has 9 heteroatoms. The predicted molar refractivity (Wildman–Crippen MR) is 27.2 cm³/mol.